The van der Waals surface area contributed by atoms with Crippen LogP contribution < -0.4 is 0 Å². The van der Waals surface area contributed by atoms with E-state index in [4.69, 9.17) is 0 Å². The molecule has 0 atom stereocenters. The zero-order valence-electron chi connectivity index (χ0n) is 9.34. The maximum atomic E-state index is 11.8. The van der Waals surface area contributed by atoms with E-state index in [2.05, 4.69) is 10.2 Å². The molecule has 1 aromatic heterocycles. The summed E-state index contributed by atoms with van der Waals surface area (Å²) in [5.41, 5.74) is 2.48. The summed E-state index contributed by atoms with van der Waals surface area (Å²) in [6.07, 6.45) is 3.68. The van der Waals surface area contributed by atoms with Gasteiger partial charge in [-0.05, 0) is 19.1 Å². The highest BCUT2D eigenvalue weighted by Crippen LogP contribution is 2.16. The van der Waals surface area contributed by atoms with Crippen LogP contribution in [0.25, 0.3) is 5.69 Å². The number of ketones is 1. The lowest BCUT2D eigenvalue weighted by molar-refractivity contribution is 0.0988. The predicted molar refractivity (Wildman–Crippen MR) is 60.7 cm³/mol. The first kappa shape index (κ1) is 10.5. The van der Waals surface area contributed by atoms with Gasteiger partial charge < -0.3 is 0 Å². The van der Waals surface area contributed by atoms with Crippen molar-refractivity contribution in [3.8, 4) is 5.69 Å². The van der Waals surface area contributed by atoms with Crippen LogP contribution in [0.2, 0.25) is 0 Å². The second-order valence-corrected chi connectivity index (χ2v) is 3.62. The Morgan fingerprint density at radius 3 is 2.62 bits per heavy atom. The Kier molecular flexibility index (Phi) is 2.81. The van der Waals surface area contributed by atoms with Crippen LogP contribution in [0.5, 0.6) is 0 Å². The largest absolute Gasteiger partial charge is 0.294 e. The first-order valence-corrected chi connectivity index (χ1v) is 5.23. The van der Waals surface area contributed by atoms with Crippen molar-refractivity contribution in [3.05, 3.63) is 41.7 Å². The second kappa shape index (κ2) is 4.26. The number of aryl methyl sites for hydroxylation is 1. The van der Waals surface area contributed by atoms with Crippen LogP contribution in [-0.2, 0) is 0 Å². The molecule has 82 valence electrons. The molecule has 0 amide bonds. The van der Waals surface area contributed by atoms with Crippen molar-refractivity contribution < 1.29 is 4.79 Å². The highest BCUT2D eigenvalue weighted by atomic mass is 16.1. The SMILES string of the molecule is CCC(=O)c1cc(C)ccc1-n1nccn1. The molecule has 2 rings (SSSR count). The fraction of sp³-hybridized carbons (Fsp3) is 0.250. The first-order chi connectivity index (χ1) is 7.72. The predicted octanol–water partition coefficient (Wildman–Crippen LogP) is 2.17. The number of carbonyl (C=O) groups excluding carboxylic acids is 1. The van der Waals surface area contributed by atoms with Crippen LogP contribution in [-0.4, -0.2) is 20.8 Å². The Bertz CT molecular complexity index is 503. The molecule has 16 heavy (non-hydrogen) atoms. The molecule has 2 aromatic rings. The van der Waals surface area contributed by atoms with Crippen LogP contribution in [0, 0.1) is 6.92 Å². The average Bonchev–Trinajstić information content (AvgIpc) is 2.81. The molecule has 0 N–H and O–H groups in total. The van der Waals surface area contributed by atoms with Crippen LogP contribution in [0.3, 0.4) is 0 Å². The Hall–Kier alpha value is -1.97. The highest BCUT2D eigenvalue weighted by Gasteiger charge is 2.12. The van der Waals surface area contributed by atoms with E-state index in [0.29, 0.717) is 12.0 Å². The zero-order chi connectivity index (χ0) is 11.5. The van der Waals surface area contributed by atoms with Gasteiger partial charge in [-0.3, -0.25) is 4.79 Å². The Morgan fingerprint density at radius 2 is 2.00 bits per heavy atom. The summed E-state index contributed by atoms with van der Waals surface area (Å²) in [4.78, 5) is 13.3. The molecule has 0 radical (unpaired) electrons. The number of hydrogen-bond acceptors (Lipinski definition) is 3. The van der Waals surface area contributed by atoms with Gasteiger partial charge in [0.1, 0.15) is 0 Å². The minimum atomic E-state index is 0.107. The molecule has 0 saturated heterocycles. The maximum absolute atomic E-state index is 11.8. The number of carbonyl (C=O) groups is 1. The number of Topliss-reactive ketones (excluding diaryl/α,β-unsaturated/α-hetero) is 1. The van der Waals surface area contributed by atoms with E-state index < -0.39 is 0 Å². The number of rotatable bonds is 3. The first-order valence-electron chi connectivity index (χ1n) is 5.23. The van der Waals surface area contributed by atoms with Gasteiger partial charge in [0.25, 0.3) is 0 Å². The van der Waals surface area contributed by atoms with Gasteiger partial charge in [-0.2, -0.15) is 15.0 Å². The molecule has 0 fully saturated rings. The zero-order valence-corrected chi connectivity index (χ0v) is 9.34. The van der Waals surface area contributed by atoms with Gasteiger partial charge >= 0.3 is 0 Å². The quantitative estimate of drug-likeness (QED) is 0.737. The molecule has 0 bridgehead atoms. The average molecular weight is 215 g/mol. The molecule has 0 unspecified atom stereocenters. The van der Waals surface area contributed by atoms with E-state index in [9.17, 15) is 4.79 Å². The van der Waals surface area contributed by atoms with E-state index in [1.165, 1.54) is 4.80 Å². The third-order valence-corrected chi connectivity index (χ3v) is 2.41. The lowest BCUT2D eigenvalue weighted by atomic mass is 10.0. The molecule has 1 aromatic carbocycles. The topological polar surface area (TPSA) is 47.8 Å². The monoisotopic (exact) mass is 215 g/mol. The highest BCUT2D eigenvalue weighted by molar-refractivity contribution is 5.99. The van der Waals surface area contributed by atoms with Crippen LogP contribution >= 0.6 is 0 Å². The van der Waals surface area contributed by atoms with E-state index in [1.807, 2.05) is 32.0 Å². The Morgan fingerprint density at radius 1 is 1.31 bits per heavy atom. The summed E-state index contributed by atoms with van der Waals surface area (Å²) in [5.74, 6) is 0.107. The van der Waals surface area contributed by atoms with Gasteiger partial charge in [-0.25, -0.2) is 0 Å². The Labute approximate surface area is 93.9 Å². The lowest BCUT2D eigenvalue weighted by Crippen LogP contribution is -2.08. The molecular formula is C12H13N3O. The van der Waals surface area contributed by atoms with Crippen molar-refractivity contribution >= 4 is 5.78 Å². The van der Waals surface area contributed by atoms with Crippen molar-refractivity contribution in [2.75, 3.05) is 0 Å². The number of hydrogen-bond donors (Lipinski definition) is 0. The fourth-order valence-corrected chi connectivity index (χ4v) is 1.58. The molecule has 0 spiro atoms. The van der Waals surface area contributed by atoms with Crippen molar-refractivity contribution in [3.63, 3.8) is 0 Å². The van der Waals surface area contributed by atoms with Crippen molar-refractivity contribution in [2.24, 2.45) is 0 Å². The molecule has 0 saturated carbocycles. The van der Waals surface area contributed by atoms with Gasteiger partial charge in [0.15, 0.2) is 5.78 Å². The summed E-state index contributed by atoms with van der Waals surface area (Å²) in [6.45, 7) is 3.82. The van der Waals surface area contributed by atoms with Crippen molar-refractivity contribution in [2.45, 2.75) is 20.3 Å². The Balaban J connectivity index is 2.57. The molecule has 0 aliphatic rings. The summed E-state index contributed by atoms with van der Waals surface area (Å²) in [5, 5.41) is 8.09. The summed E-state index contributed by atoms with van der Waals surface area (Å²) in [7, 11) is 0. The van der Waals surface area contributed by atoms with Crippen molar-refractivity contribution in [1.82, 2.24) is 15.0 Å². The normalized spacial score (nSPS) is 10.4. The van der Waals surface area contributed by atoms with Gasteiger partial charge in [-0.15, -0.1) is 0 Å². The smallest absolute Gasteiger partial charge is 0.164 e. The molecular weight excluding hydrogens is 202 g/mol. The number of nitrogens with zero attached hydrogens (tertiary/aromatic N) is 3. The number of aromatic nitrogens is 3. The van der Waals surface area contributed by atoms with Gasteiger partial charge in [0, 0.05) is 12.0 Å². The second-order valence-electron chi connectivity index (χ2n) is 3.62. The third-order valence-electron chi connectivity index (χ3n) is 2.41. The summed E-state index contributed by atoms with van der Waals surface area (Å²) in [6, 6.07) is 5.70. The molecule has 1 heterocycles. The molecule has 4 heteroatoms. The van der Waals surface area contributed by atoms with E-state index >= 15 is 0 Å². The van der Waals surface area contributed by atoms with Crippen LogP contribution in [0.15, 0.2) is 30.6 Å². The third kappa shape index (κ3) is 1.86. The maximum Gasteiger partial charge on any atom is 0.164 e. The minimum Gasteiger partial charge on any atom is -0.294 e. The summed E-state index contributed by atoms with van der Waals surface area (Å²) >= 11 is 0. The summed E-state index contributed by atoms with van der Waals surface area (Å²) < 4.78 is 0. The van der Waals surface area contributed by atoms with E-state index in [-0.39, 0.29) is 5.78 Å². The standard InChI is InChI=1S/C12H13N3O/c1-3-12(16)10-8-9(2)4-5-11(10)15-13-6-7-14-15/h4-8H,3H2,1-2H3. The van der Waals surface area contributed by atoms with Crippen LogP contribution in [0.4, 0.5) is 0 Å². The van der Waals surface area contributed by atoms with Crippen molar-refractivity contribution in [1.29, 1.82) is 0 Å². The van der Waals surface area contributed by atoms with Crippen LogP contribution in [0.1, 0.15) is 29.3 Å². The van der Waals surface area contributed by atoms with Gasteiger partial charge in [-0.1, -0.05) is 18.6 Å². The van der Waals surface area contributed by atoms with E-state index in [1.54, 1.807) is 12.4 Å². The molecule has 0 aliphatic carbocycles. The van der Waals surface area contributed by atoms with Gasteiger partial charge in [0.05, 0.1) is 18.1 Å². The number of benzene rings is 1. The molecule has 0 aliphatic heterocycles. The van der Waals surface area contributed by atoms with E-state index in [0.717, 1.165) is 11.3 Å². The van der Waals surface area contributed by atoms with Gasteiger partial charge in [0.2, 0.25) is 0 Å². The lowest BCUT2D eigenvalue weighted by Gasteiger charge is -2.07. The molecule has 4 nitrogen and oxygen atoms in total. The fourth-order valence-electron chi connectivity index (χ4n) is 1.58. The minimum absolute atomic E-state index is 0.107.